The first kappa shape index (κ1) is 14.2. The molecule has 0 bridgehead atoms. The van der Waals surface area contributed by atoms with Crippen LogP contribution in [0.2, 0.25) is 0 Å². The van der Waals surface area contributed by atoms with Gasteiger partial charge in [-0.05, 0) is 38.2 Å². The third kappa shape index (κ3) is 2.82. The zero-order valence-corrected chi connectivity index (χ0v) is 12.5. The Bertz CT molecular complexity index is 532. The lowest BCUT2D eigenvalue weighted by molar-refractivity contribution is -0.384. The Morgan fingerprint density at radius 3 is 2.86 bits per heavy atom. The Morgan fingerprint density at radius 2 is 2.10 bits per heavy atom. The van der Waals surface area contributed by atoms with E-state index in [-0.39, 0.29) is 10.6 Å². The molecule has 1 aliphatic carbocycles. The molecule has 1 aromatic rings. The molecule has 2 atom stereocenters. The van der Waals surface area contributed by atoms with Crippen LogP contribution in [0.5, 0.6) is 0 Å². The van der Waals surface area contributed by atoms with Gasteiger partial charge in [-0.25, -0.2) is 0 Å². The van der Waals surface area contributed by atoms with Gasteiger partial charge in [0.1, 0.15) is 0 Å². The number of fused-ring (bicyclic) bond motifs is 1. The van der Waals surface area contributed by atoms with Gasteiger partial charge in [-0.1, -0.05) is 12.8 Å². The van der Waals surface area contributed by atoms with Gasteiger partial charge in [0.15, 0.2) is 0 Å². The van der Waals surface area contributed by atoms with Crippen molar-refractivity contribution in [1.82, 2.24) is 0 Å². The van der Waals surface area contributed by atoms with Gasteiger partial charge in [-0.3, -0.25) is 10.1 Å². The number of nitro benzene ring substituents is 1. The molecule has 5 heteroatoms. The first-order chi connectivity index (χ1) is 10.2. The molecule has 1 heterocycles. The summed E-state index contributed by atoms with van der Waals surface area (Å²) in [5.41, 5.74) is 2.04. The lowest BCUT2D eigenvalue weighted by atomic mass is 9.85. The first-order valence-electron chi connectivity index (χ1n) is 7.99. The van der Waals surface area contributed by atoms with Crippen LogP contribution in [-0.2, 0) is 0 Å². The van der Waals surface area contributed by atoms with Crippen molar-refractivity contribution in [3.05, 3.63) is 28.3 Å². The fraction of sp³-hybridized carbons (Fsp3) is 0.625. The molecule has 1 saturated heterocycles. The zero-order valence-electron chi connectivity index (χ0n) is 12.5. The molecule has 0 aromatic heterocycles. The SMILES string of the molecule is CCNc1cc(N2CCC3CCCCC32)cc([N+](=O)[O-])c1. The third-order valence-corrected chi connectivity index (χ3v) is 4.84. The van der Waals surface area contributed by atoms with Gasteiger partial charge >= 0.3 is 0 Å². The smallest absolute Gasteiger partial charge is 0.273 e. The summed E-state index contributed by atoms with van der Waals surface area (Å²) >= 11 is 0. The second-order valence-corrected chi connectivity index (χ2v) is 6.12. The fourth-order valence-corrected chi connectivity index (χ4v) is 3.90. The maximum atomic E-state index is 11.2. The van der Waals surface area contributed by atoms with E-state index in [0.717, 1.165) is 30.4 Å². The van der Waals surface area contributed by atoms with Crippen molar-refractivity contribution >= 4 is 17.1 Å². The Hall–Kier alpha value is -1.78. The van der Waals surface area contributed by atoms with E-state index >= 15 is 0 Å². The summed E-state index contributed by atoms with van der Waals surface area (Å²) in [6, 6.07) is 6.00. The van der Waals surface area contributed by atoms with E-state index in [1.165, 1.54) is 32.1 Å². The number of benzene rings is 1. The minimum atomic E-state index is -0.293. The van der Waals surface area contributed by atoms with Gasteiger partial charge in [0.05, 0.1) is 4.92 Å². The lowest BCUT2D eigenvalue weighted by Crippen LogP contribution is -2.34. The van der Waals surface area contributed by atoms with Gasteiger partial charge in [0, 0.05) is 42.6 Å². The minimum absolute atomic E-state index is 0.183. The van der Waals surface area contributed by atoms with Crippen molar-refractivity contribution < 1.29 is 4.92 Å². The monoisotopic (exact) mass is 289 g/mol. The van der Waals surface area contributed by atoms with Gasteiger partial charge in [-0.2, -0.15) is 0 Å². The van der Waals surface area contributed by atoms with E-state index < -0.39 is 0 Å². The summed E-state index contributed by atoms with van der Waals surface area (Å²) in [5, 5.41) is 14.4. The molecule has 1 N–H and O–H groups in total. The highest BCUT2D eigenvalue weighted by molar-refractivity contribution is 5.65. The van der Waals surface area contributed by atoms with Gasteiger partial charge < -0.3 is 10.2 Å². The van der Waals surface area contributed by atoms with Crippen LogP contribution in [0.15, 0.2) is 18.2 Å². The summed E-state index contributed by atoms with van der Waals surface area (Å²) < 4.78 is 0. The van der Waals surface area contributed by atoms with Crippen molar-refractivity contribution in [2.75, 3.05) is 23.3 Å². The molecule has 114 valence electrons. The van der Waals surface area contributed by atoms with Crippen molar-refractivity contribution in [3.63, 3.8) is 0 Å². The van der Waals surface area contributed by atoms with E-state index in [1.54, 1.807) is 12.1 Å². The Balaban J connectivity index is 1.91. The number of non-ortho nitro benzene ring substituents is 1. The number of rotatable bonds is 4. The second-order valence-electron chi connectivity index (χ2n) is 6.12. The van der Waals surface area contributed by atoms with Crippen LogP contribution in [0.25, 0.3) is 0 Å². The molecule has 0 radical (unpaired) electrons. The highest BCUT2D eigenvalue weighted by atomic mass is 16.6. The quantitative estimate of drug-likeness (QED) is 0.676. The number of anilines is 2. The maximum absolute atomic E-state index is 11.2. The van der Waals surface area contributed by atoms with Crippen LogP contribution in [0.4, 0.5) is 17.1 Å². The van der Waals surface area contributed by atoms with Crippen molar-refractivity contribution in [2.24, 2.45) is 5.92 Å². The fourth-order valence-electron chi connectivity index (χ4n) is 3.90. The standard InChI is InChI=1S/C16H23N3O2/c1-2-17-13-9-14(11-15(10-13)19(20)21)18-8-7-12-5-3-4-6-16(12)18/h9-12,16-17H,2-8H2,1H3. The van der Waals surface area contributed by atoms with E-state index in [4.69, 9.17) is 0 Å². The summed E-state index contributed by atoms with van der Waals surface area (Å²) in [6.45, 7) is 3.81. The van der Waals surface area contributed by atoms with Crippen LogP contribution < -0.4 is 10.2 Å². The van der Waals surface area contributed by atoms with Crippen molar-refractivity contribution in [2.45, 2.75) is 45.1 Å². The second kappa shape index (κ2) is 5.92. The van der Waals surface area contributed by atoms with E-state index in [9.17, 15) is 10.1 Å². The topological polar surface area (TPSA) is 58.4 Å². The molecule has 0 amide bonds. The van der Waals surface area contributed by atoms with Crippen LogP contribution in [-0.4, -0.2) is 24.1 Å². The predicted octanol–water partition coefficient (Wildman–Crippen LogP) is 3.80. The number of hydrogen-bond acceptors (Lipinski definition) is 4. The van der Waals surface area contributed by atoms with Gasteiger partial charge in [0.2, 0.25) is 0 Å². The van der Waals surface area contributed by atoms with Gasteiger partial charge in [0.25, 0.3) is 5.69 Å². The summed E-state index contributed by atoms with van der Waals surface area (Å²) in [4.78, 5) is 13.3. The lowest BCUT2D eigenvalue weighted by Gasteiger charge is -2.33. The highest BCUT2D eigenvalue weighted by Crippen LogP contribution is 2.40. The Labute approximate surface area is 125 Å². The summed E-state index contributed by atoms with van der Waals surface area (Å²) in [6.07, 6.45) is 6.39. The zero-order chi connectivity index (χ0) is 14.8. The average Bonchev–Trinajstić information content (AvgIpc) is 2.91. The molecule has 1 aliphatic heterocycles. The maximum Gasteiger partial charge on any atom is 0.273 e. The third-order valence-electron chi connectivity index (χ3n) is 4.84. The molecule has 2 fully saturated rings. The van der Waals surface area contributed by atoms with Crippen LogP contribution in [0.1, 0.15) is 39.0 Å². The molecule has 5 nitrogen and oxygen atoms in total. The van der Waals surface area contributed by atoms with Gasteiger partial charge in [-0.15, -0.1) is 0 Å². The van der Waals surface area contributed by atoms with E-state index in [2.05, 4.69) is 16.3 Å². The number of nitrogens with zero attached hydrogens (tertiary/aromatic N) is 2. The molecule has 21 heavy (non-hydrogen) atoms. The number of nitro groups is 1. The van der Waals surface area contributed by atoms with Crippen LogP contribution in [0.3, 0.4) is 0 Å². The molecule has 2 unspecified atom stereocenters. The minimum Gasteiger partial charge on any atom is -0.385 e. The van der Waals surface area contributed by atoms with Crippen LogP contribution >= 0.6 is 0 Å². The van der Waals surface area contributed by atoms with Crippen molar-refractivity contribution in [1.29, 1.82) is 0 Å². The molecule has 1 aromatic carbocycles. The molecular formula is C16H23N3O2. The largest absolute Gasteiger partial charge is 0.385 e. The van der Waals surface area contributed by atoms with E-state index in [1.807, 2.05) is 6.92 Å². The Kier molecular flexibility index (Phi) is 3.99. The summed E-state index contributed by atoms with van der Waals surface area (Å²) in [7, 11) is 0. The molecule has 1 saturated carbocycles. The molecule has 0 spiro atoms. The molecule has 3 rings (SSSR count). The van der Waals surface area contributed by atoms with E-state index in [0.29, 0.717) is 6.04 Å². The molecule has 2 aliphatic rings. The first-order valence-corrected chi connectivity index (χ1v) is 7.99. The predicted molar refractivity (Wildman–Crippen MR) is 85.0 cm³/mol. The number of nitrogens with one attached hydrogen (secondary N) is 1. The summed E-state index contributed by atoms with van der Waals surface area (Å²) in [5.74, 6) is 0.778. The highest BCUT2D eigenvalue weighted by Gasteiger charge is 2.36. The van der Waals surface area contributed by atoms with Crippen LogP contribution in [0, 0.1) is 16.0 Å². The average molecular weight is 289 g/mol. The molecular weight excluding hydrogens is 266 g/mol. The number of hydrogen-bond donors (Lipinski definition) is 1. The normalized spacial score (nSPS) is 24.7. The Morgan fingerprint density at radius 1 is 1.29 bits per heavy atom. The van der Waals surface area contributed by atoms with Crippen molar-refractivity contribution in [3.8, 4) is 0 Å².